The summed E-state index contributed by atoms with van der Waals surface area (Å²) in [5, 5.41) is 0.710. The molecule has 0 saturated heterocycles. The predicted molar refractivity (Wildman–Crippen MR) is 113 cm³/mol. The van der Waals surface area contributed by atoms with Gasteiger partial charge in [0.05, 0.1) is 0 Å². The first kappa shape index (κ1) is 19.0. The highest BCUT2D eigenvalue weighted by atomic mass is 19.2. The predicted octanol–water partition coefficient (Wildman–Crippen LogP) is 7.71. The van der Waals surface area contributed by atoms with Crippen LogP contribution in [0.15, 0.2) is 85.5 Å². The average molecular weight is 388 g/mol. The minimum atomic E-state index is -0.892. The molecular weight excluding hydrogens is 369 g/mol. The molecular formula is C26H19F3. The molecule has 4 aromatic rings. The van der Waals surface area contributed by atoms with Crippen molar-refractivity contribution in [3.63, 3.8) is 0 Å². The van der Waals surface area contributed by atoms with Crippen LogP contribution < -0.4 is 0 Å². The largest absolute Gasteiger partial charge is 0.206 e. The molecule has 29 heavy (non-hydrogen) atoms. The van der Waals surface area contributed by atoms with E-state index in [1.165, 1.54) is 23.8 Å². The van der Waals surface area contributed by atoms with E-state index >= 15 is 0 Å². The number of halogens is 3. The van der Waals surface area contributed by atoms with Crippen LogP contribution in [0.2, 0.25) is 0 Å². The lowest BCUT2D eigenvalue weighted by atomic mass is 9.97. The summed E-state index contributed by atoms with van der Waals surface area (Å²) < 4.78 is 42.1. The van der Waals surface area contributed by atoms with E-state index in [-0.39, 0.29) is 11.2 Å². The van der Waals surface area contributed by atoms with E-state index in [2.05, 4.69) is 6.58 Å². The zero-order chi connectivity index (χ0) is 20.4. The lowest BCUT2D eigenvalue weighted by molar-refractivity contribution is 0.517. The molecule has 0 aliphatic rings. The highest BCUT2D eigenvalue weighted by Crippen LogP contribution is 2.31. The van der Waals surface area contributed by atoms with Gasteiger partial charge in [0, 0.05) is 10.9 Å². The van der Waals surface area contributed by atoms with Gasteiger partial charge in [0.25, 0.3) is 0 Å². The molecule has 0 aromatic heterocycles. The molecule has 0 nitrogen and oxygen atoms in total. The van der Waals surface area contributed by atoms with Crippen LogP contribution in [-0.4, -0.2) is 0 Å². The first-order valence-corrected chi connectivity index (χ1v) is 9.45. The van der Waals surface area contributed by atoms with E-state index in [4.69, 9.17) is 0 Å². The number of allylic oxidation sites excluding steroid dienone is 1. The standard InChI is InChI=1S/C26H19F3/c1-2-3-4-17-5-7-18(8-6-17)19-9-12-22(25(28)16-19)20-10-13-23-21(15-20)11-14-24(27)26(23)29/h2,5-16H,1,3-4H2. The summed E-state index contributed by atoms with van der Waals surface area (Å²) in [6, 6.07) is 20.5. The zero-order valence-electron chi connectivity index (χ0n) is 15.8. The second kappa shape index (κ2) is 7.96. The maximum Gasteiger partial charge on any atom is 0.166 e. The molecule has 0 amide bonds. The molecule has 3 heteroatoms. The smallest absolute Gasteiger partial charge is 0.166 e. The van der Waals surface area contributed by atoms with E-state index in [1.54, 1.807) is 18.2 Å². The fourth-order valence-corrected chi connectivity index (χ4v) is 3.49. The van der Waals surface area contributed by atoms with Gasteiger partial charge in [0.15, 0.2) is 11.6 Å². The minimum Gasteiger partial charge on any atom is -0.206 e. The first-order chi connectivity index (χ1) is 14.1. The molecule has 0 fully saturated rings. The van der Waals surface area contributed by atoms with Crippen LogP contribution in [0.4, 0.5) is 13.2 Å². The highest BCUT2D eigenvalue weighted by Gasteiger charge is 2.11. The number of rotatable bonds is 5. The second-order valence-electron chi connectivity index (χ2n) is 7.02. The van der Waals surface area contributed by atoms with Crippen LogP contribution in [0, 0.1) is 17.5 Å². The molecule has 0 bridgehead atoms. The van der Waals surface area contributed by atoms with Crippen molar-refractivity contribution in [3.8, 4) is 22.3 Å². The van der Waals surface area contributed by atoms with Crippen LogP contribution >= 0.6 is 0 Å². The Balaban J connectivity index is 1.66. The van der Waals surface area contributed by atoms with Crippen LogP contribution in [0.1, 0.15) is 12.0 Å². The van der Waals surface area contributed by atoms with Crippen molar-refractivity contribution in [3.05, 3.63) is 108 Å². The fourth-order valence-electron chi connectivity index (χ4n) is 3.49. The number of hydrogen-bond donors (Lipinski definition) is 0. The average Bonchev–Trinajstić information content (AvgIpc) is 2.75. The monoisotopic (exact) mass is 388 g/mol. The van der Waals surface area contributed by atoms with Gasteiger partial charge in [-0.1, -0.05) is 60.7 Å². The molecule has 0 aliphatic carbocycles. The number of benzene rings is 4. The van der Waals surface area contributed by atoms with Crippen LogP contribution in [-0.2, 0) is 6.42 Å². The summed E-state index contributed by atoms with van der Waals surface area (Å²) in [5.74, 6) is -2.14. The number of fused-ring (bicyclic) bond motifs is 1. The molecule has 0 N–H and O–H groups in total. The van der Waals surface area contributed by atoms with Crippen molar-refractivity contribution in [1.82, 2.24) is 0 Å². The third-order valence-corrected chi connectivity index (χ3v) is 5.11. The zero-order valence-corrected chi connectivity index (χ0v) is 15.8. The third-order valence-electron chi connectivity index (χ3n) is 5.11. The summed E-state index contributed by atoms with van der Waals surface area (Å²) in [6.45, 7) is 3.73. The van der Waals surface area contributed by atoms with Crippen LogP contribution in [0.25, 0.3) is 33.0 Å². The van der Waals surface area contributed by atoms with E-state index < -0.39 is 11.6 Å². The number of aryl methyl sites for hydroxylation is 1. The maximum absolute atomic E-state index is 14.9. The molecule has 0 spiro atoms. The maximum atomic E-state index is 14.9. The van der Waals surface area contributed by atoms with Gasteiger partial charge in [-0.2, -0.15) is 0 Å². The summed E-state index contributed by atoms with van der Waals surface area (Å²) in [4.78, 5) is 0. The molecule has 144 valence electrons. The molecule has 4 rings (SSSR count). The van der Waals surface area contributed by atoms with Crippen LogP contribution in [0.3, 0.4) is 0 Å². The lowest BCUT2D eigenvalue weighted by Gasteiger charge is -2.09. The number of hydrogen-bond acceptors (Lipinski definition) is 0. The third kappa shape index (κ3) is 3.81. The molecule has 0 atom stereocenters. The van der Waals surface area contributed by atoms with Gasteiger partial charge in [-0.05, 0) is 58.7 Å². The summed E-state index contributed by atoms with van der Waals surface area (Å²) in [6.07, 6.45) is 3.74. The Morgan fingerprint density at radius 1 is 0.690 bits per heavy atom. The SMILES string of the molecule is C=CCCc1ccc(-c2ccc(-c3ccc4c(F)c(F)ccc4c3)c(F)c2)cc1. The Hall–Kier alpha value is -3.33. The molecule has 0 radical (unpaired) electrons. The van der Waals surface area contributed by atoms with E-state index in [0.29, 0.717) is 16.5 Å². The van der Waals surface area contributed by atoms with Gasteiger partial charge >= 0.3 is 0 Å². The first-order valence-electron chi connectivity index (χ1n) is 9.45. The van der Waals surface area contributed by atoms with Crippen molar-refractivity contribution >= 4 is 10.8 Å². The van der Waals surface area contributed by atoms with Crippen molar-refractivity contribution in [2.75, 3.05) is 0 Å². The molecule has 0 unspecified atom stereocenters. The Labute approximate surface area is 167 Å². The summed E-state index contributed by atoms with van der Waals surface area (Å²) in [5.41, 5.74) is 3.98. The normalized spacial score (nSPS) is 11.0. The van der Waals surface area contributed by atoms with Gasteiger partial charge < -0.3 is 0 Å². The lowest BCUT2D eigenvalue weighted by Crippen LogP contribution is -1.90. The van der Waals surface area contributed by atoms with E-state index in [0.717, 1.165) is 30.0 Å². The summed E-state index contributed by atoms with van der Waals surface area (Å²) >= 11 is 0. The second-order valence-corrected chi connectivity index (χ2v) is 7.02. The molecule has 0 aliphatic heterocycles. The minimum absolute atomic E-state index is 0.183. The van der Waals surface area contributed by atoms with E-state index in [1.807, 2.05) is 36.4 Å². The van der Waals surface area contributed by atoms with Gasteiger partial charge in [0.1, 0.15) is 5.82 Å². The van der Waals surface area contributed by atoms with Crippen molar-refractivity contribution < 1.29 is 13.2 Å². The Morgan fingerprint density at radius 3 is 2.14 bits per heavy atom. The van der Waals surface area contributed by atoms with E-state index in [9.17, 15) is 13.2 Å². The van der Waals surface area contributed by atoms with Crippen molar-refractivity contribution in [1.29, 1.82) is 0 Å². The van der Waals surface area contributed by atoms with Gasteiger partial charge in [-0.3, -0.25) is 0 Å². The van der Waals surface area contributed by atoms with Gasteiger partial charge in [-0.15, -0.1) is 6.58 Å². The highest BCUT2D eigenvalue weighted by molar-refractivity contribution is 5.88. The quantitative estimate of drug-likeness (QED) is 0.307. The van der Waals surface area contributed by atoms with Crippen molar-refractivity contribution in [2.45, 2.75) is 12.8 Å². The fraction of sp³-hybridized carbons (Fsp3) is 0.0769. The topological polar surface area (TPSA) is 0 Å². The Bertz CT molecular complexity index is 1190. The van der Waals surface area contributed by atoms with Crippen LogP contribution in [0.5, 0.6) is 0 Å². The van der Waals surface area contributed by atoms with Gasteiger partial charge in [-0.25, -0.2) is 13.2 Å². The Morgan fingerprint density at radius 2 is 1.41 bits per heavy atom. The van der Waals surface area contributed by atoms with Gasteiger partial charge in [0.2, 0.25) is 0 Å². The summed E-state index contributed by atoms with van der Waals surface area (Å²) in [7, 11) is 0. The molecule has 4 aromatic carbocycles. The molecule has 0 saturated carbocycles. The van der Waals surface area contributed by atoms with Crippen molar-refractivity contribution in [2.24, 2.45) is 0 Å². The Kier molecular flexibility index (Phi) is 5.22. The molecule has 0 heterocycles.